The number of Topliss-reactive ketones (excluding diaryl/α,β-unsaturated/α-hetero) is 1. The van der Waals surface area contributed by atoms with Crippen molar-refractivity contribution in [1.29, 1.82) is 0 Å². The van der Waals surface area contributed by atoms with Gasteiger partial charge in [0.05, 0.1) is 0 Å². The molecule has 0 spiro atoms. The molecule has 0 N–H and O–H groups in total. The van der Waals surface area contributed by atoms with Crippen LogP contribution in [0.3, 0.4) is 0 Å². The zero-order valence-electron chi connectivity index (χ0n) is 12.8. The lowest BCUT2D eigenvalue weighted by molar-refractivity contribution is -0.121. The van der Waals surface area contributed by atoms with Crippen molar-refractivity contribution in [3.63, 3.8) is 0 Å². The Balaban J connectivity index is 2.22. The SMILES string of the molecule is CC(C)C(=O)C/C(=C/c1ccccc1)Cc1ccccc1. The Morgan fingerprint density at radius 3 is 2.10 bits per heavy atom. The minimum Gasteiger partial charge on any atom is -0.299 e. The van der Waals surface area contributed by atoms with Gasteiger partial charge in [0.2, 0.25) is 0 Å². The number of benzene rings is 2. The van der Waals surface area contributed by atoms with E-state index in [4.69, 9.17) is 0 Å². The Labute approximate surface area is 127 Å². The fourth-order valence-corrected chi connectivity index (χ4v) is 2.24. The molecule has 0 aromatic heterocycles. The highest BCUT2D eigenvalue weighted by molar-refractivity contribution is 5.84. The summed E-state index contributed by atoms with van der Waals surface area (Å²) in [7, 11) is 0. The highest BCUT2D eigenvalue weighted by atomic mass is 16.1. The fourth-order valence-electron chi connectivity index (χ4n) is 2.24. The summed E-state index contributed by atoms with van der Waals surface area (Å²) in [6.07, 6.45) is 3.50. The Kier molecular flexibility index (Phi) is 5.51. The van der Waals surface area contributed by atoms with Crippen LogP contribution in [0.25, 0.3) is 6.08 Å². The molecule has 108 valence electrons. The summed E-state index contributed by atoms with van der Waals surface area (Å²) in [4.78, 5) is 12.1. The first-order valence-electron chi connectivity index (χ1n) is 7.46. The lowest BCUT2D eigenvalue weighted by Crippen LogP contribution is -2.09. The molecule has 0 fully saturated rings. The lowest BCUT2D eigenvalue weighted by Gasteiger charge is -2.10. The molecule has 2 aromatic carbocycles. The molecule has 1 heteroatoms. The Hall–Kier alpha value is -2.15. The molecular weight excluding hydrogens is 256 g/mol. The first-order chi connectivity index (χ1) is 10.1. The van der Waals surface area contributed by atoms with Crippen molar-refractivity contribution in [2.45, 2.75) is 26.7 Å². The molecule has 0 aliphatic rings. The third kappa shape index (κ3) is 5.03. The fraction of sp³-hybridized carbons (Fsp3) is 0.250. The van der Waals surface area contributed by atoms with E-state index in [9.17, 15) is 4.79 Å². The summed E-state index contributed by atoms with van der Waals surface area (Å²) < 4.78 is 0. The summed E-state index contributed by atoms with van der Waals surface area (Å²) in [6, 6.07) is 20.5. The van der Waals surface area contributed by atoms with E-state index in [1.54, 1.807) is 0 Å². The van der Waals surface area contributed by atoms with Crippen LogP contribution in [0.2, 0.25) is 0 Å². The average molecular weight is 278 g/mol. The van der Waals surface area contributed by atoms with Crippen LogP contribution in [0, 0.1) is 5.92 Å². The van der Waals surface area contributed by atoms with E-state index in [-0.39, 0.29) is 5.92 Å². The van der Waals surface area contributed by atoms with Crippen molar-refractivity contribution in [1.82, 2.24) is 0 Å². The predicted octanol–water partition coefficient (Wildman–Crippen LogP) is 4.93. The lowest BCUT2D eigenvalue weighted by atomic mass is 9.94. The van der Waals surface area contributed by atoms with Crippen LogP contribution in [-0.4, -0.2) is 5.78 Å². The van der Waals surface area contributed by atoms with Gasteiger partial charge in [0.25, 0.3) is 0 Å². The number of carbonyl (C=O) groups excluding carboxylic acids is 1. The topological polar surface area (TPSA) is 17.1 Å². The summed E-state index contributed by atoms with van der Waals surface area (Å²) in [5, 5.41) is 0. The van der Waals surface area contributed by atoms with Gasteiger partial charge in [0.15, 0.2) is 0 Å². The molecule has 2 rings (SSSR count). The van der Waals surface area contributed by atoms with Crippen LogP contribution >= 0.6 is 0 Å². The summed E-state index contributed by atoms with van der Waals surface area (Å²) in [5.74, 6) is 0.382. The molecular formula is C20H22O. The summed E-state index contributed by atoms with van der Waals surface area (Å²) in [5.41, 5.74) is 3.57. The molecule has 0 saturated carbocycles. The summed E-state index contributed by atoms with van der Waals surface area (Å²) in [6.45, 7) is 3.93. The number of carbonyl (C=O) groups is 1. The smallest absolute Gasteiger partial charge is 0.139 e. The van der Waals surface area contributed by atoms with Gasteiger partial charge < -0.3 is 0 Å². The number of allylic oxidation sites excluding steroid dienone is 1. The molecule has 0 unspecified atom stereocenters. The van der Waals surface area contributed by atoms with Crippen molar-refractivity contribution >= 4 is 11.9 Å². The molecule has 21 heavy (non-hydrogen) atoms. The second kappa shape index (κ2) is 7.58. The molecule has 0 bridgehead atoms. The van der Waals surface area contributed by atoms with Gasteiger partial charge in [0, 0.05) is 12.3 Å². The van der Waals surface area contributed by atoms with E-state index >= 15 is 0 Å². The minimum atomic E-state index is 0.0833. The Bertz CT molecular complexity index is 594. The van der Waals surface area contributed by atoms with Crippen molar-refractivity contribution < 1.29 is 4.79 Å². The average Bonchev–Trinajstić information content (AvgIpc) is 2.49. The predicted molar refractivity (Wildman–Crippen MR) is 89.0 cm³/mol. The van der Waals surface area contributed by atoms with Gasteiger partial charge in [-0.15, -0.1) is 0 Å². The van der Waals surface area contributed by atoms with Crippen LogP contribution < -0.4 is 0 Å². The Morgan fingerprint density at radius 1 is 0.952 bits per heavy atom. The van der Waals surface area contributed by atoms with Crippen LogP contribution in [-0.2, 0) is 11.2 Å². The van der Waals surface area contributed by atoms with E-state index in [2.05, 4.69) is 30.3 Å². The second-order valence-corrected chi connectivity index (χ2v) is 5.67. The zero-order chi connectivity index (χ0) is 15.1. The summed E-state index contributed by atoms with van der Waals surface area (Å²) >= 11 is 0. The maximum absolute atomic E-state index is 12.1. The monoisotopic (exact) mass is 278 g/mol. The van der Waals surface area contributed by atoms with E-state index in [1.165, 1.54) is 11.1 Å². The van der Waals surface area contributed by atoms with Crippen molar-refractivity contribution in [2.75, 3.05) is 0 Å². The standard InChI is InChI=1S/C20H22O/c1-16(2)20(21)15-19(13-17-9-5-3-6-10-17)14-18-11-7-4-8-12-18/h3-13,16H,14-15H2,1-2H3/b19-13+. The first kappa shape index (κ1) is 15.2. The molecule has 2 aromatic rings. The van der Waals surface area contributed by atoms with Gasteiger partial charge in [-0.3, -0.25) is 4.79 Å². The van der Waals surface area contributed by atoms with Crippen LogP contribution in [0.1, 0.15) is 31.4 Å². The molecule has 0 aliphatic heterocycles. The maximum Gasteiger partial charge on any atom is 0.139 e. The van der Waals surface area contributed by atoms with Crippen molar-refractivity contribution in [3.8, 4) is 0 Å². The van der Waals surface area contributed by atoms with Gasteiger partial charge in [-0.25, -0.2) is 0 Å². The molecule has 0 radical (unpaired) electrons. The first-order valence-corrected chi connectivity index (χ1v) is 7.46. The molecule has 0 heterocycles. The zero-order valence-corrected chi connectivity index (χ0v) is 12.8. The largest absolute Gasteiger partial charge is 0.299 e. The third-order valence-corrected chi connectivity index (χ3v) is 3.49. The number of hydrogen-bond donors (Lipinski definition) is 0. The van der Waals surface area contributed by atoms with E-state index < -0.39 is 0 Å². The van der Waals surface area contributed by atoms with Crippen LogP contribution in [0.4, 0.5) is 0 Å². The van der Waals surface area contributed by atoms with E-state index in [0.717, 1.165) is 12.0 Å². The highest BCUT2D eigenvalue weighted by Crippen LogP contribution is 2.18. The Morgan fingerprint density at radius 2 is 1.52 bits per heavy atom. The number of ketones is 1. The van der Waals surface area contributed by atoms with Crippen LogP contribution in [0.15, 0.2) is 66.2 Å². The maximum atomic E-state index is 12.1. The van der Waals surface area contributed by atoms with Gasteiger partial charge >= 0.3 is 0 Å². The molecule has 0 amide bonds. The molecule has 1 nitrogen and oxygen atoms in total. The van der Waals surface area contributed by atoms with Crippen molar-refractivity contribution in [2.24, 2.45) is 5.92 Å². The molecule has 0 aliphatic carbocycles. The minimum absolute atomic E-state index is 0.0833. The van der Waals surface area contributed by atoms with Crippen molar-refractivity contribution in [3.05, 3.63) is 77.4 Å². The quantitative estimate of drug-likeness (QED) is 0.732. The number of rotatable bonds is 6. The number of hydrogen-bond acceptors (Lipinski definition) is 1. The van der Waals surface area contributed by atoms with Gasteiger partial charge in [-0.1, -0.05) is 86.2 Å². The third-order valence-electron chi connectivity index (χ3n) is 3.49. The van der Waals surface area contributed by atoms with Gasteiger partial charge in [-0.2, -0.15) is 0 Å². The van der Waals surface area contributed by atoms with Gasteiger partial charge in [0.1, 0.15) is 5.78 Å². The van der Waals surface area contributed by atoms with Gasteiger partial charge in [-0.05, 0) is 17.5 Å². The second-order valence-electron chi connectivity index (χ2n) is 5.67. The molecule has 0 saturated heterocycles. The molecule has 0 atom stereocenters. The van der Waals surface area contributed by atoms with E-state index in [0.29, 0.717) is 12.2 Å². The highest BCUT2D eigenvalue weighted by Gasteiger charge is 2.11. The van der Waals surface area contributed by atoms with Crippen LogP contribution in [0.5, 0.6) is 0 Å². The van der Waals surface area contributed by atoms with E-state index in [1.807, 2.05) is 50.2 Å². The normalized spacial score (nSPS) is 11.7.